The standard InChI is InChI=1S/C18H22ClNO/c1-14(21-17-10-6-9-16(19)13-17)18(20-2)12-11-15-7-4-3-5-8-15/h3-10,13-14,18,20H,11-12H2,1-2H3. The lowest BCUT2D eigenvalue weighted by Gasteiger charge is -2.24. The van der Waals surface area contributed by atoms with Crippen molar-refractivity contribution in [1.82, 2.24) is 5.32 Å². The van der Waals surface area contributed by atoms with E-state index in [1.807, 2.05) is 37.4 Å². The van der Waals surface area contributed by atoms with Gasteiger partial charge in [0.1, 0.15) is 11.9 Å². The molecule has 0 amide bonds. The van der Waals surface area contributed by atoms with Crippen LogP contribution in [0.3, 0.4) is 0 Å². The van der Waals surface area contributed by atoms with Gasteiger partial charge in [-0.05, 0) is 50.6 Å². The molecule has 0 spiro atoms. The minimum absolute atomic E-state index is 0.0807. The molecular formula is C18H22ClNO. The largest absolute Gasteiger partial charge is 0.489 e. The van der Waals surface area contributed by atoms with Crippen LogP contribution >= 0.6 is 11.6 Å². The molecule has 2 rings (SSSR count). The van der Waals surface area contributed by atoms with Crippen molar-refractivity contribution in [3.05, 3.63) is 65.2 Å². The Morgan fingerprint density at radius 2 is 1.86 bits per heavy atom. The second-order valence-corrected chi connectivity index (χ2v) is 5.64. The van der Waals surface area contributed by atoms with Crippen LogP contribution in [0, 0.1) is 0 Å². The monoisotopic (exact) mass is 303 g/mol. The van der Waals surface area contributed by atoms with Gasteiger partial charge in [-0.2, -0.15) is 0 Å². The highest BCUT2D eigenvalue weighted by Gasteiger charge is 2.17. The average molecular weight is 304 g/mol. The van der Waals surface area contributed by atoms with E-state index >= 15 is 0 Å². The number of aryl methyl sites for hydroxylation is 1. The Morgan fingerprint density at radius 1 is 1.10 bits per heavy atom. The number of ether oxygens (including phenoxy) is 1. The van der Waals surface area contributed by atoms with E-state index < -0.39 is 0 Å². The van der Waals surface area contributed by atoms with E-state index in [1.165, 1.54) is 5.56 Å². The van der Waals surface area contributed by atoms with Crippen LogP contribution in [0.5, 0.6) is 5.75 Å². The summed E-state index contributed by atoms with van der Waals surface area (Å²) in [5, 5.41) is 4.05. The lowest BCUT2D eigenvalue weighted by molar-refractivity contribution is 0.169. The molecule has 2 aromatic carbocycles. The predicted octanol–water partition coefficient (Wildman–Crippen LogP) is 4.33. The Bertz CT molecular complexity index is 544. The number of halogens is 1. The summed E-state index contributed by atoms with van der Waals surface area (Å²) >= 11 is 5.99. The molecule has 0 aromatic heterocycles. The Kier molecular flexibility index (Phi) is 6.09. The van der Waals surface area contributed by atoms with Gasteiger partial charge in [-0.3, -0.25) is 0 Å². The minimum Gasteiger partial charge on any atom is -0.489 e. The Labute approximate surface area is 132 Å². The molecule has 0 aliphatic carbocycles. The van der Waals surface area contributed by atoms with E-state index in [1.54, 1.807) is 0 Å². The fourth-order valence-corrected chi connectivity index (χ4v) is 2.60. The quantitative estimate of drug-likeness (QED) is 0.822. The third kappa shape index (κ3) is 5.07. The predicted molar refractivity (Wildman–Crippen MR) is 89.2 cm³/mol. The van der Waals surface area contributed by atoms with Crippen molar-refractivity contribution in [2.45, 2.75) is 31.9 Å². The van der Waals surface area contributed by atoms with Crippen molar-refractivity contribution in [3.8, 4) is 5.75 Å². The van der Waals surface area contributed by atoms with Crippen LogP contribution < -0.4 is 10.1 Å². The minimum atomic E-state index is 0.0807. The summed E-state index contributed by atoms with van der Waals surface area (Å²) in [6, 6.07) is 18.4. The van der Waals surface area contributed by atoms with E-state index in [0.29, 0.717) is 11.1 Å². The van der Waals surface area contributed by atoms with Gasteiger partial charge in [-0.1, -0.05) is 48.0 Å². The molecule has 3 heteroatoms. The summed E-state index contributed by atoms with van der Waals surface area (Å²) in [4.78, 5) is 0. The fourth-order valence-electron chi connectivity index (χ4n) is 2.42. The fraction of sp³-hybridized carbons (Fsp3) is 0.333. The van der Waals surface area contributed by atoms with Crippen LogP contribution in [0.2, 0.25) is 5.02 Å². The van der Waals surface area contributed by atoms with Gasteiger partial charge in [0.2, 0.25) is 0 Å². The zero-order chi connectivity index (χ0) is 15.1. The zero-order valence-corrected chi connectivity index (χ0v) is 13.3. The summed E-state index contributed by atoms with van der Waals surface area (Å²) in [6.07, 6.45) is 2.15. The molecular weight excluding hydrogens is 282 g/mol. The van der Waals surface area contributed by atoms with Crippen molar-refractivity contribution in [2.75, 3.05) is 7.05 Å². The van der Waals surface area contributed by atoms with Crippen molar-refractivity contribution in [2.24, 2.45) is 0 Å². The van der Waals surface area contributed by atoms with E-state index in [-0.39, 0.29) is 6.10 Å². The molecule has 1 N–H and O–H groups in total. The summed E-state index contributed by atoms with van der Waals surface area (Å²) in [5.41, 5.74) is 1.35. The molecule has 2 atom stereocenters. The summed E-state index contributed by atoms with van der Waals surface area (Å²) < 4.78 is 5.99. The van der Waals surface area contributed by atoms with Crippen LogP contribution in [0.15, 0.2) is 54.6 Å². The molecule has 21 heavy (non-hydrogen) atoms. The van der Waals surface area contributed by atoms with Crippen LogP contribution in [-0.2, 0) is 6.42 Å². The van der Waals surface area contributed by atoms with E-state index in [9.17, 15) is 0 Å². The van der Waals surface area contributed by atoms with Crippen LogP contribution in [0.4, 0.5) is 0 Å². The maximum absolute atomic E-state index is 5.99. The van der Waals surface area contributed by atoms with Gasteiger partial charge in [0.05, 0.1) is 0 Å². The summed E-state index contributed by atoms with van der Waals surface area (Å²) in [5.74, 6) is 0.815. The molecule has 0 aliphatic heterocycles. The lowest BCUT2D eigenvalue weighted by atomic mass is 10.0. The van der Waals surface area contributed by atoms with E-state index in [4.69, 9.17) is 16.3 Å². The topological polar surface area (TPSA) is 21.3 Å². The highest BCUT2D eigenvalue weighted by atomic mass is 35.5. The first-order valence-electron chi connectivity index (χ1n) is 7.32. The third-order valence-corrected chi connectivity index (χ3v) is 3.88. The zero-order valence-electron chi connectivity index (χ0n) is 12.6. The van der Waals surface area contributed by atoms with Crippen molar-refractivity contribution in [1.29, 1.82) is 0 Å². The molecule has 0 saturated heterocycles. The van der Waals surface area contributed by atoms with Gasteiger partial charge in [0.25, 0.3) is 0 Å². The molecule has 0 heterocycles. The lowest BCUT2D eigenvalue weighted by Crippen LogP contribution is -2.39. The van der Waals surface area contributed by atoms with E-state index in [2.05, 4.69) is 36.5 Å². The molecule has 2 unspecified atom stereocenters. The first-order valence-corrected chi connectivity index (χ1v) is 7.70. The van der Waals surface area contributed by atoms with Gasteiger partial charge in [0, 0.05) is 11.1 Å². The molecule has 0 fully saturated rings. The maximum Gasteiger partial charge on any atom is 0.121 e. The van der Waals surface area contributed by atoms with Gasteiger partial charge in [0.15, 0.2) is 0 Å². The van der Waals surface area contributed by atoms with Crippen LogP contribution in [0.1, 0.15) is 18.9 Å². The number of benzene rings is 2. The van der Waals surface area contributed by atoms with Crippen molar-refractivity contribution < 1.29 is 4.74 Å². The van der Waals surface area contributed by atoms with Gasteiger partial charge in [-0.25, -0.2) is 0 Å². The molecule has 2 nitrogen and oxygen atoms in total. The molecule has 112 valence electrons. The second kappa shape index (κ2) is 8.06. The highest BCUT2D eigenvalue weighted by Crippen LogP contribution is 2.20. The average Bonchev–Trinajstić information content (AvgIpc) is 2.49. The smallest absolute Gasteiger partial charge is 0.121 e. The number of hydrogen-bond donors (Lipinski definition) is 1. The number of nitrogens with one attached hydrogen (secondary N) is 1. The SMILES string of the molecule is CNC(CCc1ccccc1)C(C)Oc1cccc(Cl)c1. The van der Waals surface area contributed by atoms with Crippen molar-refractivity contribution in [3.63, 3.8) is 0 Å². The second-order valence-electron chi connectivity index (χ2n) is 5.20. The van der Waals surface area contributed by atoms with Crippen molar-refractivity contribution >= 4 is 11.6 Å². The maximum atomic E-state index is 5.99. The van der Waals surface area contributed by atoms with Gasteiger partial charge >= 0.3 is 0 Å². The Morgan fingerprint density at radius 3 is 2.52 bits per heavy atom. The molecule has 2 aromatic rings. The normalized spacial score (nSPS) is 13.7. The molecule has 0 bridgehead atoms. The molecule has 0 saturated carbocycles. The van der Waals surface area contributed by atoms with Crippen LogP contribution in [-0.4, -0.2) is 19.2 Å². The summed E-state index contributed by atoms with van der Waals surface area (Å²) in [6.45, 7) is 2.09. The van der Waals surface area contributed by atoms with Gasteiger partial charge in [-0.15, -0.1) is 0 Å². The summed E-state index contributed by atoms with van der Waals surface area (Å²) in [7, 11) is 1.98. The first kappa shape index (κ1) is 15.9. The molecule has 0 radical (unpaired) electrons. The highest BCUT2D eigenvalue weighted by molar-refractivity contribution is 6.30. The van der Waals surface area contributed by atoms with Gasteiger partial charge < -0.3 is 10.1 Å². The first-order chi connectivity index (χ1) is 10.2. The Balaban J connectivity index is 1.90. The third-order valence-electron chi connectivity index (χ3n) is 3.64. The number of likely N-dealkylation sites (N-methyl/N-ethyl adjacent to an activating group) is 1. The number of rotatable bonds is 7. The Hall–Kier alpha value is -1.51. The molecule has 0 aliphatic rings. The van der Waals surface area contributed by atoms with E-state index in [0.717, 1.165) is 18.6 Å². The number of hydrogen-bond acceptors (Lipinski definition) is 2. The van der Waals surface area contributed by atoms with Crippen LogP contribution in [0.25, 0.3) is 0 Å².